The number of benzene rings is 2. The molecule has 1 amide bonds. The summed E-state index contributed by atoms with van der Waals surface area (Å²) in [4.78, 5) is 16.4. The fourth-order valence-corrected chi connectivity index (χ4v) is 3.51. The number of amides is 1. The molecule has 0 N–H and O–H groups in total. The van der Waals surface area contributed by atoms with Crippen LogP contribution in [0.2, 0.25) is 5.02 Å². The highest BCUT2D eigenvalue weighted by Gasteiger charge is 2.24. The second kappa shape index (κ2) is 8.06. The summed E-state index contributed by atoms with van der Waals surface area (Å²) in [6.45, 7) is 1.16. The van der Waals surface area contributed by atoms with E-state index >= 15 is 0 Å². The third kappa shape index (κ3) is 4.00. The van der Waals surface area contributed by atoms with Gasteiger partial charge in [0.2, 0.25) is 5.91 Å². The Bertz CT molecular complexity index is 792. The summed E-state index contributed by atoms with van der Waals surface area (Å²) in [5.41, 5.74) is 2.45. The van der Waals surface area contributed by atoms with Crippen molar-refractivity contribution < 1.29 is 13.9 Å². The van der Waals surface area contributed by atoms with Crippen molar-refractivity contribution in [1.82, 2.24) is 4.90 Å². The van der Waals surface area contributed by atoms with Crippen LogP contribution >= 0.6 is 11.6 Å². The Balaban J connectivity index is 1.71. The van der Waals surface area contributed by atoms with Gasteiger partial charge in [0.25, 0.3) is 0 Å². The molecule has 0 spiro atoms. The van der Waals surface area contributed by atoms with Gasteiger partial charge in [-0.1, -0.05) is 17.7 Å². The lowest BCUT2D eigenvalue weighted by molar-refractivity contribution is -0.119. The zero-order valence-electron chi connectivity index (χ0n) is 15.0. The van der Waals surface area contributed by atoms with Crippen LogP contribution in [0, 0.1) is 5.82 Å². The minimum absolute atomic E-state index is 0.00826. The SMILES string of the molecule is COc1ccc2c(c1)CCCN2C(=O)CN(C)Cc1c(F)cccc1Cl. The Labute approximate surface area is 158 Å². The standard InChI is InChI=1S/C20H22ClFN2O2/c1-23(12-16-17(21)6-3-7-18(16)22)13-20(25)24-10-4-5-14-11-15(26-2)8-9-19(14)24/h3,6-9,11H,4-5,10,12-13H2,1-2H3. The normalized spacial score (nSPS) is 13.7. The summed E-state index contributed by atoms with van der Waals surface area (Å²) in [5.74, 6) is 0.433. The maximum atomic E-state index is 14.0. The van der Waals surface area contributed by atoms with Crippen molar-refractivity contribution in [1.29, 1.82) is 0 Å². The minimum Gasteiger partial charge on any atom is -0.497 e. The lowest BCUT2D eigenvalue weighted by atomic mass is 10.0. The number of carbonyl (C=O) groups is 1. The van der Waals surface area contributed by atoms with Crippen LogP contribution in [0.25, 0.3) is 0 Å². The first-order chi connectivity index (χ1) is 12.5. The van der Waals surface area contributed by atoms with E-state index in [-0.39, 0.29) is 24.8 Å². The first-order valence-electron chi connectivity index (χ1n) is 8.58. The van der Waals surface area contributed by atoms with Crippen molar-refractivity contribution >= 4 is 23.2 Å². The molecule has 6 heteroatoms. The van der Waals surface area contributed by atoms with Crippen LogP contribution in [0.5, 0.6) is 5.75 Å². The molecule has 26 heavy (non-hydrogen) atoms. The Kier molecular flexibility index (Phi) is 5.79. The van der Waals surface area contributed by atoms with E-state index in [1.54, 1.807) is 36.1 Å². The Morgan fingerprint density at radius 3 is 2.88 bits per heavy atom. The number of ether oxygens (including phenoxy) is 1. The molecule has 0 bridgehead atoms. The van der Waals surface area contributed by atoms with Crippen LogP contribution in [0.4, 0.5) is 10.1 Å². The second-order valence-corrected chi connectivity index (χ2v) is 6.92. The van der Waals surface area contributed by atoms with Crippen molar-refractivity contribution in [2.75, 3.05) is 32.1 Å². The molecular weight excluding hydrogens is 355 g/mol. The number of hydrogen-bond donors (Lipinski definition) is 0. The molecule has 0 radical (unpaired) electrons. The van der Waals surface area contributed by atoms with Crippen LogP contribution in [0.3, 0.4) is 0 Å². The quantitative estimate of drug-likeness (QED) is 0.793. The number of methoxy groups -OCH3 is 1. The maximum Gasteiger partial charge on any atom is 0.241 e. The molecule has 0 fully saturated rings. The van der Waals surface area contributed by atoms with Gasteiger partial charge in [0.05, 0.1) is 13.7 Å². The van der Waals surface area contributed by atoms with Gasteiger partial charge < -0.3 is 9.64 Å². The maximum absolute atomic E-state index is 14.0. The lowest BCUT2D eigenvalue weighted by Gasteiger charge is -2.31. The van der Waals surface area contributed by atoms with Gasteiger partial charge in [0.15, 0.2) is 0 Å². The van der Waals surface area contributed by atoms with Gasteiger partial charge in [-0.05, 0) is 55.8 Å². The smallest absolute Gasteiger partial charge is 0.241 e. The third-order valence-corrected chi connectivity index (χ3v) is 4.96. The zero-order chi connectivity index (χ0) is 18.7. The van der Waals surface area contributed by atoms with E-state index < -0.39 is 0 Å². The van der Waals surface area contributed by atoms with Crippen LogP contribution in [0.1, 0.15) is 17.5 Å². The molecule has 1 aliphatic rings. The topological polar surface area (TPSA) is 32.8 Å². The molecule has 2 aromatic rings. The van der Waals surface area contributed by atoms with E-state index in [1.165, 1.54) is 6.07 Å². The van der Waals surface area contributed by atoms with E-state index in [9.17, 15) is 9.18 Å². The van der Waals surface area contributed by atoms with E-state index in [1.807, 2.05) is 18.2 Å². The predicted molar refractivity (Wildman–Crippen MR) is 101 cm³/mol. The molecule has 0 unspecified atom stereocenters. The molecule has 0 atom stereocenters. The molecule has 1 aliphatic heterocycles. The molecular formula is C20H22ClFN2O2. The van der Waals surface area contributed by atoms with Crippen LogP contribution < -0.4 is 9.64 Å². The number of carbonyl (C=O) groups excluding carboxylic acids is 1. The van der Waals surface area contributed by atoms with Crippen molar-refractivity contribution in [2.45, 2.75) is 19.4 Å². The largest absolute Gasteiger partial charge is 0.497 e. The molecule has 1 heterocycles. The molecule has 138 valence electrons. The van der Waals surface area contributed by atoms with Crippen LogP contribution in [-0.2, 0) is 17.8 Å². The molecule has 2 aromatic carbocycles. The number of anilines is 1. The molecule has 4 nitrogen and oxygen atoms in total. The van der Waals surface area contributed by atoms with Crippen molar-refractivity contribution in [3.8, 4) is 5.75 Å². The van der Waals surface area contributed by atoms with Gasteiger partial charge in [-0.3, -0.25) is 9.69 Å². The van der Waals surface area contributed by atoms with Gasteiger partial charge in [-0.15, -0.1) is 0 Å². The van der Waals surface area contributed by atoms with Crippen molar-refractivity contribution in [3.05, 3.63) is 58.4 Å². The number of likely N-dealkylation sites (N-methyl/N-ethyl adjacent to an activating group) is 1. The first kappa shape index (κ1) is 18.7. The zero-order valence-corrected chi connectivity index (χ0v) is 15.7. The number of rotatable bonds is 5. The molecule has 0 aromatic heterocycles. The average Bonchev–Trinajstić information content (AvgIpc) is 2.63. The highest BCUT2D eigenvalue weighted by molar-refractivity contribution is 6.31. The minimum atomic E-state index is -0.354. The number of fused-ring (bicyclic) bond motifs is 1. The lowest BCUT2D eigenvalue weighted by Crippen LogP contribution is -2.41. The van der Waals surface area contributed by atoms with Gasteiger partial charge >= 0.3 is 0 Å². The fraction of sp³-hybridized carbons (Fsp3) is 0.350. The summed E-state index contributed by atoms with van der Waals surface area (Å²) >= 11 is 6.08. The monoisotopic (exact) mass is 376 g/mol. The van der Waals surface area contributed by atoms with Crippen molar-refractivity contribution in [3.63, 3.8) is 0 Å². The number of nitrogens with zero attached hydrogens (tertiary/aromatic N) is 2. The van der Waals surface area contributed by atoms with Gasteiger partial charge in [-0.2, -0.15) is 0 Å². The summed E-state index contributed by atoms with van der Waals surface area (Å²) in [5, 5.41) is 0.375. The third-order valence-electron chi connectivity index (χ3n) is 4.60. The van der Waals surface area contributed by atoms with E-state index in [0.717, 1.165) is 29.8 Å². The highest BCUT2D eigenvalue weighted by Crippen LogP contribution is 2.30. The highest BCUT2D eigenvalue weighted by atomic mass is 35.5. The van der Waals surface area contributed by atoms with E-state index in [4.69, 9.17) is 16.3 Å². The summed E-state index contributed by atoms with van der Waals surface area (Å²) < 4.78 is 19.2. The Morgan fingerprint density at radius 2 is 2.15 bits per heavy atom. The molecule has 0 saturated carbocycles. The first-order valence-corrected chi connectivity index (χ1v) is 8.96. The van der Waals surface area contributed by atoms with Gasteiger partial charge in [-0.25, -0.2) is 4.39 Å². The van der Waals surface area contributed by atoms with Crippen molar-refractivity contribution in [2.24, 2.45) is 0 Å². The molecule has 0 aliphatic carbocycles. The Morgan fingerprint density at radius 1 is 1.35 bits per heavy atom. The molecule has 3 rings (SSSR count). The summed E-state index contributed by atoms with van der Waals surface area (Å²) in [6, 6.07) is 10.4. The average molecular weight is 377 g/mol. The van der Waals surface area contributed by atoms with Gasteiger partial charge in [0.1, 0.15) is 11.6 Å². The predicted octanol–water partition coefficient (Wildman–Crippen LogP) is 3.90. The van der Waals surface area contributed by atoms with Gasteiger partial charge in [0, 0.05) is 29.4 Å². The Hall–Kier alpha value is -2.11. The summed E-state index contributed by atoms with van der Waals surface area (Å²) in [6.07, 6.45) is 1.84. The number of hydrogen-bond acceptors (Lipinski definition) is 3. The summed E-state index contributed by atoms with van der Waals surface area (Å²) in [7, 11) is 3.43. The van der Waals surface area contributed by atoms with Crippen LogP contribution in [0.15, 0.2) is 36.4 Å². The number of halogens is 2. The van der Waals surface area contributed by atoms with E-state index in [0.29, 0.717) is 17.1 Å². The number of aryl methyl sites for hydroxylation is 1. The second-order valence-electron chi connectivity index (χ2n) is 6.52. The van der Waals surface area contributed by atoms with Crippen LogP contribution in [-0.4, -0.2) is 38.1 Å². The van der Waals surface area contributed by atoms with E-state index in [2.05, 4.69) is 0 Å². The molecule has 0 saturated heterocycles. The fourth-order valence-electron chi connectivity index (χ4n) is 3.28.